The number of hydrogen-bond donors (Lipinski definition) is 1. The maximum atomic E-state index is 13.5. The van der Waals surface area contributed by atoms with Gasteiger partial charge in [-0.15, -0.1) is 0 Å². The molecule has 0 spiro atoms. The lowest BCUT2D eigenvalue weighted by Crippen LogP contribution is -2.57. The molecule has 2 aromatic carbocycles. The highest BCUT2D eigenvalue weighted by Gasteiger charge is 2.37. The van der Waals surface area contributed by atoms with Gasteiger partial charge in [-0.05, 0) is 70.7 Å². The monoisotopic (exact) mass is 644 g/mol. The number of carbonyl (C=O) groups excluding carboxylic acids is 3. The number of ether oxygens (including phenoxy) is 2. The van der Waals surface area contributed by atoms with Crippen molar-refractivity contribution >= 4 is 23.6 Å². The van der Waals surface area contributed by atoms with Crippen LogP contribution >= 0.6 is 0 Å². The topological polar surface area (TPSA) is 111 Å². The van der Waals surface area contributed by atoms with E-state index in [4.69, 9.17) is 9.47 Å². The van der Waals surface area contributed by atoms with Gasteiger partial charge in [0.15, 0.2) is 5.60 Å². The van der Waals surface area contributed by atoms with Gasteiger partial charge in [0.05, 0.1) is 12.1 Å². The molecule has 2 aliphatic rings. The largest absolute Gasteiger partial charge is 0.478 e. The van der Waals surface area contributed by atoms with Crippen LogP contribution in [0.25, 0.3) is 11.1 Å². The fourth-order valence-corrected chi connectivity index (χ4v) is 6.17. The fourth-order valence-electron chi connectivity index (χ4n) is 6.17. The fraction of sp³-hybridized carbons (Fsp3) is 0.500. The minimum atomic E-state index is -1.10. The highest BCUT2D eigenvalue weighted by molar-refractivity contribution is 5.85. The molecule has 252 valence electrons. The van der Waals surface area contributed by atoms with Gasteiger partial charge in [0.2, 0.25) is 5.91 Å². The minimum absolute atomic E-state index is 0.110. The van der Waals surface area contributed by atoms with Crippen molar-refractivity contribution in [2.45, 2.75) is 65.2 Å². The number of piperidine rings is 1. The van der Waals surface area contributed by atoms with Crippen molar-refractivity contribution < 1.29 is 23.9 Å². The van der Waals surface area contributed by atoms with Crippen molar-refractivity contribution in [3.05, 3.63) is 66.5 Å². The summed E-state index contributed by atoms with van der Waals surface area (Å²) >= 11 is 0. The van der Waals surface area contributed by atoms with Crippen LogP contribution in [0.4, 0.5) is 10.5 Å². The van der Waals surface area contributed by atoms with E-state index in [0.29, 0.717) is 45.0 Å². The molecule has 3 heterocycles. The Kier molecular flexibility index (Phi) is 10.1. The number of aromatic nitrogens is 2. The van der Waals surface area contributed by atoms with E-state index in [2.05, 4.69) is 39.4 Å². The van der Waals surface area contributed by atoms with Gasteiger partial charge >= 0.3 is 6.09 Å². The number of hydrogen-bond acceptors (Lipinski definition) is 7. The standard InChI is InChI=1S/C36H48N6O5/c1-35(2,3)47-34(45)41-19-17-40(18-20-41)33(44)36(4,5)46-31-11-7-10-30(21-31)42-16-8-9-28(25-42)32(43)39(6)24-26-12-14-27(15-13-26)29-22-37-38-23-29/h7,10-15,21-23,28H,8-9,16-20,24-25H2,1-6H3,(H,37,38)/t28-/m1/s1. The van der Waals surface area contributed by atoms with E-state index >= 15 is 0 Å². The number of nitrogens with zero attached hydrogens (tertiary/aromatic N) is 5. The predicted octanol–water partition coefficient (Wildman–Crippen LogP) is 5.19. The zero-order chi connectivity index (χ0) is 33.8. The molecule has 2 saturated heterocycles. The Labute approximate surface area is 277 Å². The van der Waals surface area contributed by atoms with E-state index < -0.39 is 11.2 Å². The predicted molar refractivity (Wildman–Crippen MR) is 181 cm³/mol. The summed E-state index contributed by atoms with van der Waals surface area (Å²) in [7, 11) is 1.87. The number of aromatic amines is 1. The van der Waals surface area contributed by atoms with Crippen LogP contribution in [0.1, 0.15) is 53.0 Å². The summed E-state index contributed by atoms with van der Waals surface area (Å²) in [6.07, 6.45) is 5.05. The van der Waals surface area contributed by atoms with Crippen LogP contribution < -0.4 is 9.64 Å². The molecule has 11 heteroatoms. The average Bonchev–Trinajstić information content (AvgIpc) is 3.59. The molecule has 0 saturated carbocycles. The smallest absolute Gasteiger partial charge is 0.410 e. The second kappa shape index (κ2) is 14.1. The number of carbonyl (C=O) groups is 3. The van der Waals surface area contributed by atoms with Crippen LogP contribution in [-0.2, 0) is 20.9 Å². The molecule has 47 heavy (non-hydrogen) atoms. The van der Waals surface area contributed by atoms with Gasteiger partial charge in [0.25, 0.3) is 5.91 Å². The Bertz CT molecular complexity index is 1520. The third kappa shape index (κ3) is 8.64. The molecule has 2 fully saturated rings. The van der Waals surface area contributed by atoms with Crippen LogP contribution in [0.15, 0.2) is 60.9 Å². The Morgan fingerprint density at radius 3 is 2.30 bits per heavy atom. The van der Waals surface area contributed by atoms with Crippen molar-refractivity contribution in [1.29, 1.82) is 0 Å². The molecule has 2 aliphatic heterocycles. The maximum absolute atomic E-state index is 13.5. The summed E-state index contributed by atoms with van der Waals surface area (Å²) in [5.41, 5.74) is 2.48. The molecule has 3 amide bonds. The summed E-state index contributed by atoms with van der Waals surface area (Å²) in [5.74, 6) is 0.493. The van der Waals surface area contributed by atoms with Crippen LogP contribution in [0, 0.1) is 5.92 Å². The summed E-state index contributed by atoms with van der Waals surface area (Å²) in [6.45, 7) is 12.7. The van der Waals surface area contributed by atoms with Gasteiger partial charge < -0.3 is 29.1 Å². The first kappa shape index (κ1) is 33.8. The van der Waals surface area contributed by atoms with Gasteiger partial charge in [-0.3, -0.25) is 14.7 Å². The van der Waals surface area contributed by atoms with Crippen LogP contribution in [0.2, 0.25) is 0 Å². The number of anilines is 1. The Morgan fingerprint density at radius 2 is 1.64 bits per heavy atom. The van der Waals surface area contributed by atoms with E-state index in [0.717, 1.165) is 41.8 Å². The van der Waals surface area contributed by atoms with E-state index in [9.17, 15) is 14.4 Å². The Hall–Kier alpha value is -4.54. The SMILES string of the molecule is CN(Cc1ccc(-c2cn[nH]c2)cc1)C(=O)[C@@H]1CCCN(c2cccc(OC(C)(C)C(=O)N3CCN(C(=O)OC(C)(C)C)CC3)c2)C1. The highest BCUT2D eigenvalue weighted by atomic mass is 16.6. The van der Waals surface area contributed by atoms with E-state index in [1.165, 1.54) is 0 Å². The van der Waals surface area contributed by atoms with Gasteiger partial charge in [-0.2, -0.15) is 5.10 Å². The first-order valence-corrected chi connectivity index (χ1v) is 16.4. The number of nitrogens with one attached hydrogen (secondary N) is 1. The van der Waals surface area contributed by atoms with Crippen molar-refractivity contribution in [1.82, 2.24) is 24.9 Å². The zero-order valence-corrected chi connectivity index (χ0v) is 28.5. The summed E-state index contributed by atoms with van der Waals surface area (Å²) in [4.78, 5) is 46.9. The molecule has 0 radical (unpaired) electrons. The summed E-state index contributed by atoms with van der Waals surface area (Å²) in [6, 6.07) is 16.0. The molecule has 0 bridgehead atoms. The van der Waals surface area contributed by atoms with E-state index in [-0.39, 0.29) is 23.8 Å². The second-order valence-electron chi connectivity index (χ2n) is 14.0. The lowest BCUT2D eigenvalue weighted by Gasteiger charge is -2.39. The van der Waals surface area contributed by atoms with E-state index in [1.54, 1.807) is 29.8 Å². The van der Waals surface area contributed by atoms with E-state index in [1.807, 2.05) is 63.2 Å². The van der Waals surface area contributed by atoms with Gasteiger partial charge in [0.1, 0.15) is 11.4 Å². The maximum Gasteiger partial charge on any atom is 0.410 e. The average molecular weight is 645 g/mol. The third-order valence-electron chi connectivity index (χ3n) is 8.64. The Morgan fingerprint density at radius 1 is 0.936 bits per heavy atom. The number of H-pyrrole nitrogens is 1. The molecular weight excluding hydrogens is 596 g/mol. The van der Waals surface area contributed by atoms with Crippen molar-refractivity contribution in [2.24, 2.45) is 5.92 Å². The van der Waals surface area contributed by atoms with Gasteiger partial charge in [-0.1, -0.05) is 30.3 Å². The number of amides is 3. The number of rotatable bonds is 8. The lowest BCUT2D eigenvalue weighted by molar-refractivity contribution is -0.147. The quantitative estimate of drug-likeness (QED) is 0.360. The molecule has 1 aromatic heterocycles. The molecule has 0 unspecified atom stereocenters. The minimum Gasteiger partial charge on any atom is -0.478 e. The van der Waals surface area contributed by atoms with Crippen LogP contribution in [0.3, 0.4) is 0 Å². The second-order valence-corrected chi connectivity index (χ2v) is 14.0. The molecule has 11 nitrogen and oxygen atoms in total. The van der Waals surface area contributed by atoms with Gasteiger partial charge in [-0.25, -0.2) is 4.79 Å². The molecule has 1 N–H and O–H groups in total. The number of benzene rings is 2. The van der Waals surface area contributed by atoms with Crippen LogP contribution in [0.5, 0.6) is 5.75 Å². The summed E-state index contributed by atoms with van der Waals surface area (Å²) < 4.78 is 11.8. The molecular formula is C36H48N6O5. The summed E-state index contributed by atoms with van der Waals surface area (Å²) in [5, 5.41) is 6.85. The normalized spacial score (nSPS) is 17.3. The first-order chi connectivity index (χ1) is 22.3. The number of piperazine rings is 1. The highest BCUT2D eigenvalue weighted by Crippen LogP contribution is 2.30. The van der Waals surface area contributed by atoms with Crippen molar-refractivity contribution in [3.8, 4) is 16.9 Å². The first-order valence-electron chi connectivity index (χ1n) is 16.4. The molecule has 3 aromatic rings. The van der Waals surface area contributed by atoms with Crippen molar-refractivity contribution in [3.63, 3.8) is 0 Å². The Balaban J connectivity index is 1.15. The molecule has 5 rings (SSSR count). The van der Waals surface area contributed by atoms with Crippen molar-refractivity contribution in [2.75, 3.05) is 51.2 Å². The molecule has 0 aliphatic carbocycles. The van der Waals surface area contributed by atoms with Crippen LogP contribution in [-0.4, -0.2) is 100 Å². The van der Waals surface area contributed by atoms with Gasteiger partial charge in [0, 0.05) is 76.4 Å². The lowest BCUT2D eigenvalue weighted by atomic mass is 9.95. The molecule has 1 atom stereocenters. The zero-order valence-electron chi connectivity index (χ0n) is 28.5. The third-order valence-corrected chi connectivity index (χ3v) is 8.64.